The quantitative estimate of drug-likeness (QED) is 0.467. The summed E-state index contributed by atoms with van der Waals surface area (Å²) in [5.41, 5.74) is -0.259. The van der Waals surface area contributed by atoms with E-state index >= 15 is 0 Å². The van der Waals surface area contributed by atoms with Crippen LogP contribution in [0.3, 0.4) is 0 Å². The molecule has 0 N–H and O–H groups in total. The molecule has 0 heterocycles. The molecular formula is C16H14FNO4. The Bertz CT molecular complexity index is 711. The molecule has 5 nitrogen and oxygen atoms in total. The van der Waals surface area contributed by atoms with E-state index in [1.54, 1.807) is 13.8 Å². The minimum absolute atomic E-state index is 0.000360. The zero-order chi connectivity index (χ0) is 16.3. The molecule has 0 saturated heterocycles. The standard InChI is InChI=1S/C16H14FNO4/c1-10(2)16(19)14-9-13(7-8-15(14)18(20)21)22-12-5-3-11(17)4-6-12/h3-10H,1-2H3. The molecule has 2 aromatic rings. The molecule has 0 aromatic heterocycles. The van der Waals surface area contributed by atoms with E-state index in [4.69, 9.17) is 4.74 Å². The van der Waals surface area contributed by atoms with Gasteiger partial charge in [-0.1, -0.05) is 13.8 Å². The van der Waals surface area contributed by atoms with Crippen molar-refractivity contribution in [2.24, 2.45) is 5.92 Å². The van der Waals surface area contributed by atoms with Gasteiger partial charge in [-0.2, -0.15) is 0 Å². The molecule has 0 unspecified atom stereocenters. The highest BCUT2D eigenvalue weighted by Gasteiger charge is 2.23. The predicted octanol–water partition coefficient (Wildman–Crippen LogP) is 4.36. The van der Waals surface area contributed by atoms with Gasteiger partial charge in [-0.15, -0.1) is 0 Å². The Morgan fingerprint density at radius 2 is 1.73 bits per heavy atom. The lowest BCUT2D eigenvalue weighted by atomic mass is 9.99. The van der Waals surface area contributed by atoms with E-state index in [0.717, 1.165) is 0 Å². The van der Waals surface area contributed by atoms with Crippen LogP contribution < -0.4 is 4.74 Å². The van der Waals surface area contributed by atoms with Gasteiger partial charge in [0.05, 0.1) is 10.5 Å². The van der Waals surface area contributed by atoms with E-state index in [0.29, 0.717) is 5.75 Å². The highest BCUT2D eigenvalue weighted by molar-refractivity contribution is 6.01. The van der Waals surface area contributed by atoms with Crippen molar-refractivity contribution in [2.75, 3.05) is 0 Å². The van der Waals surface area contributed by atoms with E-state index in [-0.39, 0.29) is 28.7 Å². The number of benzene rings is 2. The lowest BCUT2D eigenvalue weighted by Crippen LogP contribution is -2.10. The highest BCUT2D eigenvalue weighted by atomic mass is 19.1. The number of nitro groups is 1. The van der Waals surface area contributed by atoms with Crippen LogP contribution in [0.15, 0.2) is 42.5 Å². The second-order valence-electron chi connectivity index (χ2n) is 5.01. The second kappa shape index (κ2) is 6.34. The summed E-state index contributed by atoms with van der Waals surface area (Å²) in [6, 6.07) is 9.31. The summed E-state index contributed by atoms with van der Waals surface area (Å²) in [4.78, 5) is 22.5. The first kappa shape index (κ1) is 15.6. The maximum Gasteiger partial charge on any atom is 0.280 e. The maximum atomic E-state index is 12.9. The Kier molecular flexibility index (Phi) is 4.50. The largest absolute Gasteiger partial charge is 0.457 e. The van der Waals surface area contributed by atoms with E-state index in [1.807, 2.05) is 0 Å². The monoisotopic (exact) mass is 303 g/mol. The fourth-order valence-electron chi connectivity index (χ4n) is 1.88. The molecule has 0 atom stereocenters. The topological polar surface area (TPSA) is 69.4 Å². The summed E-state index contributed by atoms with van der Waals surface area (Å²) in [5, 5.41) is 11.0. The van der Waals surface area contributed by atoms with Crippen molar-refractivity contribution >= 4 is 11.5 Å². The number of Topliss-reactive ketones (excluding diaryl/α,β-unsaturated/α-hetero) is 1. The molecule has 2 rings (SSSR count). The van der Waals surface area contributed by atoms with E-state index in [2.05, 4.69) is 0 Å². The van der Waals surface area contributed by atoms with Crippen LogP contribution in [-0.2, 0) is 0 Å². The molecule has 0 spiro atoms. The average Bonchev–Trinajstić information content (AvgIpc) is 2.48. The summed E-state index contributed by atoms with van der Waals surface area (Å²) >= 11 is 0. The van der Waals surface area contributed by atoms with Crippen LogP contribution in [0.1, 0.15) is 24.2 Å². The number of hydrogen-bond donors (Lipinski definition) is 0. The summed E-state index contributed by atoms with van der Waals surface area (Å²) in [5.74, 6) is -0.456. The zero-order valence-electron chi connectivity index (χ0n) is 12.1. The Morgan fingerprint density at radius 1 is 1.14 bits per heavy atom. The molecule has 0 amide bonds. The summed E-state index contributed by atoms with van der Waals surface area (Å²) in [6.07, 6.45) is 0. The van der Waals surface area contributed by atoms with Crippen LogP contribution in [-0.4, -0.2) is 10.7 Å². The third kappa shape index (κ3) is 3.46. The molecule has 114 valence electrons. The normalized spacial score (nSPS) is 10.5. The van der Waals surface area contributed by atoms with Gasteiger partial charge in [0.2, 0.25) is 0 Å². The maximum absolute atomic E-state index is 12.9. The number of ether oxygens (including phenoxy) is 1. The molecule has 22 heavy (non-hydrogen) atoms. The molecule has 0 saturated carbocycles. The van der Waals surface area contributed by atoms with Gasteiger partial charge in [0, 0.05) is 12.0 Å². The molecule has 6 heteroatoms. The number of carbonyl (C=O) groups excluding carboxylic acids is 1. The number of hydrogen-bond acceptors (Lipinski definition) is 4. The van der Waals surface area contributed by atoms with Gasteiger partial charge >= 0.3 is 0 Å². The van der Waals surface area contributed by atoms with Crippen molar-refractivity contribution in [3.8, 4) is 11.5 Å². The van der Waals surface area contributed by atoms with Gasteiger partial charge in [-0.3, -0.25) is 14.9 Å². The van der Waals surface area contributed by atoms with Gasteiger partial charge < -0.3 is 4.74 Å². The molecule has 0 aliphatic rings. The van der Waals surface area contributed by atoms with Crippen LogP contribution in [0.25, 0.3) is 0 Å². The first-order valence-electron chi connectivity index (χ1n) is 6.64. The number of nitro benzene ring substituents is 1. The van der Waals surface area contributed by atoms with E-state index in [1.165, 1.54) is 42.5 Å². The summed E-state index contributed by atoms with van der Waals surface area (Å²) in [7, 11) is 0. The Hall–Kier alpha value is -2.76. The second-order valence-corrected chi connectivity index (χ2v) is 5.01. The van der Waals surface area contributed by atoms with Crippen LogP contribution in [0.4, 0.5) is 10.1 Å². The predicted molar refractivity (Wildman–Crippen MR) is 78.7 cm³/mol. The van der Waals surface area contributed by atoms with Gasteiger partial charge in [0.1, 0.15) is 17.3 Å². The first-order valence-corrected chi connectivity index (χ1v) is 6.64. The van der Waals surface area contributed by atoms with Crippen molar-refractivity contribution in [3.63, 3.8) is 0 Å². The third-order valence-corrected chi connectivity index (χ3v) is 3.00. The first-order chi connectivity index (χ1) is 10.4. The van der Waals surface area contributed by atoms with Gasteiger partial charge in [0.15, 0.2) is 5.78 Å². The van der Waals surface area contributed by atoms with Crippen molar-refractivity contribution in [2.45, 2.75) is 13.8 Å². The average molecular weight is 303 g/mol. The Balaban J connectivity index is 2.37. The van der Waals surface area contributed by atoms with Gasteiger partial charge in [-0.05, 0) is 36.4 Å². The number of halogens is 1. The summed E-state index contributed by atoms with van der Waals surface area (Å²) in [6.45, 7) is 3.33. The van der Waals surface area contributed by atoms with Crippen molar-refractivity contribution in [1.29, 1.82) is 0 Å². The SMILES string of the molecule is CC(C)C(=O)c1cc(Oc2ccc(F)cc2)ccc1[N+](=O)[O-]. The smallest absolute Gasteiger partial charge is 0.280 e. The van der Waals surface area contributed by atoms with Crippen molar-refractivity contribution in [1.82, 2.24) is 0 Å². The molecule has 0 fully saturated rings. The van der Waals surface area contributed by atoms with E-state index < -0.39 is 10.7 Å². The van der Waals surface area contributed by atoms with Crippen LogP contribution in [0.2, 0.25) is 0 Å². The number of carbonyl (C=O) groups is 1. The molecule has 0 aliphatic heterocycles. The van der Waals surface area contributed by atoms with Crippen molar-refractivity contribution in [3.05, 3.63) is 64.0 Å². The third-order valence-electron chi connectivity index (χ3n) is 3.00. The van der Waals surface area contributed by atoms with Gasteiger partial charge in [0.25, 0.3) is 5.69 Å². The van der Waals surface area contributed by atoms with Crippen molar-refractivity contribution < 1.29 is 18.8 Å². The summed E-state index contributed by atoms with van der Waals surface area (Å²) < 4.78 is 18.3. The fourth-order valence-corrected chi connectivity index (χ4v) is 1.88. The van der Waals surface area contributed by atoms with Crippen LogP contribution >= 0.6 is 0 Å². The molecule has 0 radical (unpaired) electrons. The lowest BCUT2D eigenvalue weighted by molar-refractivity contribution is -0.385. The fraction of sp³-hybridized carbons (Fsp3) is 0.188. The van der Waals surface area contributed by atoms with Gasteiger partial charge in [-0.25, -0.2) is 4.39 Å². The number of ketones is 1. The highest BCUT2D eigenvalue weighted by Crippen LogP contribution is 2.29. The molecule has 0 aliphatic carbocycles. The molecule has 0 bridgehead atoms. The Morgan fingerprint density at radius 3 is 2.27 bits per heavy atom. The van der Waals surface area contributed by atoms with E-state index in [9.17, 15) is 19.3 Å². The Labute approximate surface area is 126 Å². The van der Waals surface area contributed by atoms with Crippen LogP contribution in [0.5, 0.6) is 11.5 Å². The minimum atomic E-state index is -0.600. The number of nitrogens with zero attached hydrogens (tertiary/aromatic N) is 1. The zero-order valence-corrected chi connectivity index (χ0v) is 12.1. The van der Waals surface area contributed by atoms with Crippen LogP contribution in [0, 0.1) is 21.8 Å². The molecule has 2 aromatic carbocycles. The number of rotatable bonds is 5. The lowest BCUT2D eigenvalue weighted by Gasteiger charge is -2.09. The molecular weight excluding hydrogens is 289 g/mol. The minimum Gasteiger partial charge on any atom is -0.457 e.